The lowest BCUT2D eigenvalue weighted by atomic mass is 9.43. The van der Waals surface area contributed by atoms with Crippen molar-refractivity contribution in [2.45, 2.75) is 78.3 Å². The Balaban J connectivity index is 1.74. The summed E-state index contributed by atoms with van der Waals surface area (Å²) < 4.78 is 12.8. The van der Waals surface area contributed by atoms with Gasteiger partial charge in [-0.3, -0.25) is 0 Å². The first-order chi connectivity index (χ1) is 8.75. The van der Waals surface area contributed by atoms with E-state index in [0.717, 1.165) is 5.92 Å². The Morgan fingerprint density at radius 3 is 2.42 bits per heavy atom. The molecular weight excluding hydrogens is 235 g/mol. The Labute approximate surface area is 118 Å². The fourth-order valence-corrected chi connectivity index (χ4v) is 5.00. The monoisotopic (exact) mass is 264 g/mol. The van der Waals surface area contributed by atoms with Gasteiger partial charge < -0.3 is 9.31 Å². The van der Waals surface area contributed by atoms with E-state index < -0.39 is 0 Å². The maximum Gasteiger partial charge on any atom is 0.460 e. The van der Waals surface area contributed by atoms with Gasteiger partial charge in [0.2, 0.25) is 0 Å². The Morgan fingerprint density at radius 2 is 1.84 bits per heavy atom. The van der Waals surface area contributed by atoms with Gasteiger partial charge in [-0.2, -0.15) is 0 Å². The number of rotatable bonds is 3. The predicted octanol–water partition coefficient (Wildman–Crippen LogP) is 4.15. The average molecular weight is 264 g/mol. The third-order valence-electron chi connectivity index (χ3n) is 6.28. The van der Waals surface area contributed by atoms with Crippen molar-refractivity contribution in [1.82, 2.24) is 0 Å². The van der Waals surface area contributed by atoms with Crippen LogP contribution in [-0.2, 0) is 9.31 Å². The van der Waals surface area contributed by atoms with E-state index >= 15 is 0 Å². The van der Waals surface area contributed by atoms with Gasteiger partial charge in [0.1, 0.15) is 0 Å². The first-order valence-electron chi connectivity index (χ1n) is 8.08. The van der Waals surface area contributed by atoms with E-state index in [2.05, 4.69) is 41.5 Å². The summed E-state index contributed by atoms with van der Waals surface area (Å²) in [4.78, 5) is 0. The fraction of sp³-hybridized carbons (Fsp3) is 1.00. The van der Waals surface area contributed by atoms with Gasteiger partial charge in [0.05, 0.1) is 11.7 Å². The highest BCUT2D eigenvalue weighted by atomic mass is 16.7. The molecule has 3 saturated carbocycles. The minimum atomic E-state index is -0.0336. The van der Waals surface area contributed by atoms with Crippen LogP contribution in [0, 0.1) is 23.2 Å². The van der Waals surface area contributed by atoms with Gasteiger partial charge in [0, 0.05) is 0 Å². The molecule has 3 heteroatoms. The summed E-state index contributed by atoms with van der Waals surface area (Å²) in [6.07, 6.45) is 4.06. The van der Waals surface area contributed by atoms with Gasteiger partial charge in [-0.15, -0.1) is 0 Å². The number of hydrogen-bond donors (Lipinski definition) is 0. The Morgan fingerprint density at radius 1 is 1.16 bits per heavy atom. The van der Waals surface area contributed by atoms with Crippen LogP contribution in [0.3, 0.4) is 0 Å². The normalized spacial score (nSPS) is 45.0. The zero-order valence-corrected chi connectivity index (χ0v) is 13.4. The fourth-order valence-electron chi connectivity index (χ4n) is 5.00. The molecule has 2 nitrogen and oxygen atoms in total. The second kappa shape index (κ2) is 4.24. The minimum Gasteiger partial charge on any atom is -0.405 e. The van der Waals surface area contributed by atoms with Crippen LogP contribution < -0.4 is 0 Å². The van der Waals surface area contributed by atoms with E-state index in [9.17, 15) is 0 Å². The summed E-state index contributed by atoms with van der Waals surface area (Å²) in [5.74, 6) is 2.74. The van der Waals surface area contributed by atoms with Crippen LogP contribution in [-0.4, -0.2) is 18.8 Å². The molecule has 0 radical (unpaired) electrons. The van der Waals surface area contributed by atoms with Gasteiger partial charge in [-0.25, -0.2) is 0 Å². The molecule has 3 aliphatic carbocycles. The molecule has 1 aliphatic heterocycles. The van der Waals surface area contributed by atoms with Crippen molar-refractivity contribution in [2.75, 3.05) is 0 Å². The van der Waals surface area contributed by atoms with Crippen LogP contribution in [0.4, 0.5) is 0 Å². The topological polar surface area (TPSA) is 18.5 Å². The molecule has 2 bridgehead atoms. The maximum absolute atomic E-state index is 6.48. The van der Waals surface area contributed by atoms with E-state index in [4.69, 9.17) is 9.31 Å². The molecule has 5 atom stereocenters. The second-order valence-corrected chi connectivity index (χ2v) is 8.44. The van der Waals surface area contributed by atoms with Crippen LogP contribution in [0.5, 0.6) is 0 Å². The molecule has 0 aromatic heterocycles. The molecule has 108 valence electrons. The molecule has 1 saturated heterocycles. The largest absolute Gasteiger partial charge is 0.460 e. The lowest BCUT2D eigenvalue weighted by Gasteiger charge is -2.64. The molecule has 0 aromatic carbocycles. The molecule has 1 heterocycles. The second-order valence-electron chi connectivity index (χ2n) is 8.44. The molecule has 0 unspecified atom stereocenters. The highest BCUT2D eigenvalue weighted by molar-refractivity contribution is 6.47. The molecule has 0 spiro atoms. The summed E-state index contributed by atoms with van der Waals surface area (Å²) in [6.45, 7) is 14.0. The SMILES string of the molecule is CC(C)C[C@@H](C)B1O[C@@H]2C[C@H]3C[C@H](C3(C)C)[C@]2(C)O1. The van der Waals surface area contributed by atoms with Crippen molar-refractivity contribution in [1.29, 1.82) is 0 Å². The molecule has 0 amide bonds. The van der Waals surface area contributed by atoms with Crippen LogP contribution in [0.2, 0.25) is 5.82 Å². The molecule has 19 heavy (non-hydrogen) atoms. The van der Waals surface area contributed by atoms with Crippen molar-refractivity contribution in [3.8, 4) is 0 Å². The van der Waals surface area contributed by atoms with Crippen molar-refractivity contribution >= 4 is 7.12 Å². The third kappa shape index (κ3) is 1.92. The number of hydrogen-bond acceptors (Lipinski definition) is 2. The third-order valence-corrected chi connectivity index (χ3v) is 6.28. The molecule has 4 aliphatic rings. The standard InChI is InChI=1S/C16H29BO2/c1-10(2)7-11(3)17-18-14-9-12-8-13(15(12,4)5)16(14,6)19-17/h10-14H,7-9H2,1-6H3/t11-,12-,13-,14-,16+/m1/s1. The van der Waals surface area contributed by atoms with Crippen LogP contribution in [0.25, 0.3) is 0 Å². The van der Waals surface area contributed by atoms with E-state index in [1.807, 2.05) is 0 Å². The van der Waals surface area contributed by atoms with Crippen molar-refractivity contribution in [3.05, 3.63) is 0 Å². The van der Waals surface area contributed by atoms with Crippen LogP contribution in [0.15, 0.2) is 0 Å². The summed E-state index contributed by atoms with van der Waals surface area (Å²) >= 11 is 0. The van der Waals surface area contributed by atoms with Crippen LogP contribution in [0.1, 0.15) is 60.8 Å². The minimum absolute atomic E-state index is 0.0209. The molecule has 0 aromatic rings. The van der Waals surface area contributed by atoms with Gasteiger partial charge >= 0.3 is 7.12 Å². The van der Waals surface area contributed by atoms with E-state index in [1.165, 1.54) is 19.3 Å². The Bertz CT molecular complexity index is 368. The summed E-state index contributed by atoms with van der Waals surface area (Å²) in [5.41, 5.74) is 0.416. The highest BCUT2D eigenvalue weighted by Crippen LogP contribution is 2.66. The first-order valence-corrected chi connectivity index (χ1v) is 8.08. The van der Waals surface area contributed by atoms with Crippen molar-refractivity contribution < 1.29 is 9.31 Å². The van der Waals surface area contributed by atoms with Gasteiger partial charge in [-0.05, 0) is 55.2 Å². The van der Waals surface area contributed by atoms with Crippen molar-refractivity contribution in [3.63, 3.8) is 0 Å². The van der Waals surface area contributed by atoms with Gasteiger partial charge in [0.15, 0.2) is 0 Å². The van der Waals surface area contributed by atoms with Crippen molar-refractivity contribution in [2.24, 2.45) is 23.2 Å². The molecule has 0 N–H and O–H groups in total. The summed E-state index contributed by atoms with van der Waals surface area (Å²) in [5, 5.41) is 0. The summed E-state index contributed by atoms with van der Waals surface area (Å²) in [6, 6.07) is 0. The van der Waals surface area contributed by atoms with Gasteiger partial charge in [-0.1, -0.05) is 34.6 Å². The zero-order valence-electron chi connectivity index (χ0n) is 13.4. The quantitative estimate of drug-likeness (QED) is 0.713. The molecule has 4 fully saturated rings. The first kappa shape index (κ1) is 13.9. The summed E-state index contributed by atoms with van der Waals surface area (Å²) in [7, 11) is 0.0209. The Kier molecular flexibility index (Phi) is 3.11. The maximum atomic E-state index is 6.48. The van der Waals surface area contributed by atoms with Gasteiger partial charge in [0.25, 0.3) is 0 Å². The lowest BCUT2D eigenvalue weighted by molar-refractivity contribution is -0.199. The molecule has 4 rings (SSSR count). The lowest BCUT2D eigenvalue weighted by Crippen LogP contribution is -2.65. The predicted molar refractivity (Wildman–Crippen MR) is 79.0 cm³/mol. The smallest absolute Gasteiger partial charge is 0.405 e. The molecular formula is C16H29BO2. The highest BCUT2D eigenvalue weighted by Gasteiger charge is 2.68. The Hall–Kier alpha value is -0.0151. The van der Waals surface area contributed by atoms with Crippen LogP contribution >= 0.6 is 0 Å². The van der Waals surface area contributed by atoms with E-state index in [-0.39, 0.29) is 12.7 Å². The van der Waals surface area contributed by atoms with E-state index in [1.54, 1.807) is 0 Å². The van der Waals surface area contributed by atoms with E-state index in [0.29, 0.717) is 29.2 Å². The average Bonchev–Trinajstić information content (AvgIpc) is 2.64. The zero-order chi connectivity index (χ0) is 14.0.